The zero-order valence-electron chi connectivity index (χ0n) is 17.8. The number of benzene rings is 2. The number of amides is 2. The zero-order valence-corrected chi connectivity index (χ0v) is 18.5. The maximum atomic E-state index is 14.2. The summed E-state index contributed by atoms with van der Waals surface area (Å²) >= 11 is 5.99. The van der Waals surface area contributed by atoms with Crippen molar-refractivity contribution in [3.63, 3.8) is 0 Å². The van der Waals surface area contributed by atoms with Crippen LogP contribution in [0, 0.1) is 5.82 Å². The van der Waals surface area contributed by atoms with Gasteiger partial charge >= 0.3 is 6.03 Å². The molecule has 0 saturated carbocycles. The van der Waals surface area contributed by atoms with Crippen LogP contribution in [0.4, 0.5) is 14.9 Å². The summed E-state index contributed by atoms with van der Waals surface area (Å²) < 4.78 is 14.2. The molecular weight excluding hydrogens is 401 g/mol. The van der Waals surface area contributed by atoms with Crippen molar-refractivity contribution in [3.05, 3.63) is 64.9 Å². The smallest absolute Gasteiger partial charge is 0.317 e. The molecule has 1 aliphatic rings. The first kappa shape index (κ1) is 22.6. The standard InChI is InChI=1S/C24H31ClFN3O/c1-3-7-18(2)28-14-12-21(13-15-28)29(17-19-8-5-4-6-9-19)24(30)27-23-16-20(25)10-11-22(23)26/h4-6,8-11,16,18,21H,3,7,12-15,17H2,1-2H3,(H,27,30). The number of anilines is 1. The molecule has 0 radical (unpaired) electrons. The highest BCUT2D eigenvalue weighted by Gasteiger charge is 2.30. The highest BCUT2D eigenvalue weighted by molar-refractivity contribution is 6.30. The molecule has 2 amide bonds. The predicted molar refractivity (Wildman–Crippen MR) is 121 cm³/mol. The fourth-order valence-electron chi connectivity index (χ4n) is 4.17. The molecule has 2 aromatic rings. The van der Waals surface area contributed by atoms with Crippen molar-refractivity contribution >= 4 is 23.3 Å². The Hall–Kier alpha value is -2.11. The number of halogens is 2. The normalized spacial score (nSPS) is 16.3. The van der Waals surface area contributed by atoms with Gasteiger partial charge in [-0.3, -0.25) is 0 Å². The summed E-state index contributed by atoms with van der Waals surface area (Å²) in [6.07, 6.45) is 4.18. The van der Waals surface area contributed by atoms with Gasteiger partial charge in [-0.25, -0.2) is 9.18 Å². The molecule has 1 saturated heterocycles. The van der Waals surface area contributed by atoms with Crippen molar-refractivity contribution in [2.24, 2.45) is 0 Å². The fraction of sp³-hybridized carbons (Fsp3) is 0.458. The van der Waals surface area contributed by atoms with E-state index in [-0.39, 0.29) is 17.8 Å². The SMILES string of the molecule is CCCC(C)N1CCC(N(Cc2ccccc2)C(=O)Nc2cc(Cl)ccc2F)CC1. The van der Waals surface area contributed by atoms with E-state index in [9.17, 15) is 9.18 Å². The predicted octanol–water partition coefficient (Wildman–Crippen LogP) is 6.17. The molecule has 30 heavy (non-hydrogen) atoms. The Morgan fingerprint density at radius 3 is 2.60 bits per heavy atom. The molecule has 0 aliphatic carbocycles. The lowest BCUT2D eigenvalue weighted by Crippen LogP contribution is -2.50. The first-order valence-corrected chi connectivity index (χ1v) is 11.2. The van der Waals surface area contributed by atoms with Gasteiger partial charge in [-0.15, -0.1) is 0 Å². The van der Waals surface area contributed by atoms with Gasteiger partial charge in [0.1, 0.15) is 5.82 Å². The lowest BCUT2D eigenvalue weighted by atomic mass is 10.00. The van der Waals surface area contributed by atoms with E-state index in [0.717, 1.165) is 31.5 Å². The first-order valence-electron chi connectivity index (χ1n) is 10.8. The number of rotatable bonds is 7. The van der Waals surface area contributed by atoms with Crippen molar-refractivity contribution < 1.29 is 9.18 Å². The maximum absolute atomic E-state index is 14.2. The molecule has 1 aliphatic heterocycles. The van der Waals surface area contributed by atoms with Crippen molar-refractivity contribution in [1.29, 1.82) is 0 Å². The summed E-state index contributed by atoms with van der Waals surface area (Å²) in [5, 5.41) is 3.13. The number of nitrogens with one attached hydrogen (secondary N) is 1. The summed E-state index contributed by atoms with van der Waals surface area (Å²) in [7, 11) is 0. The van der Waals surface area contributed by atoms with Gasteiger partial charge in [-0.05, 0) is 49.9 Å². The summed E-state index contributed by atoms with van der Waals surface area (Å²) in [5.74, 6) is -0.490. The fourth-order valence-corrected chi connectivity index (χ4v) is 4.34. The molecule has 162 valence electrons. The molecule has 1 atom stereocenters. The van der Waals surface area contributed by atoms with E-state index in [0.29, 0.717) is 17.6 Å². The molecule has 1 unspecified atom stereocenters. The van der Waals surface area contributed by atoms with Gasteiger partial charge in [-0.1, -0.05) is 55.3 Å². The van der Waals surface area contributed by atoms with Crippen molar-refractivity contribution in [2.75, 3.05) is 18.4 Å². The van der Waals surface area contributed by atoms with Gasteiger partial charge in [0.15, 0.2) is 0 Å². The third kappa shape index (κ3) is 5.96. The quantitative estimate of drug-likeness (QED) is 0.569. The largest absolute Gasteiger partial charge is 0.322 e. The molecule has 1 fully saturated rings. The van der Waals surface area contributed by atoms with E-state index in [1.807, 2.05) is 35.2 Å². The Balaban J connectivity index is 1.74. The molecule has 6 heteroatoms. The van der Waals surface area contributed by atoms with Gasteiger partial charge in [0.25, 0.3) is 0 Å². The number of likely N-dealkylation sites (tertiary alicyclic amines) is 1. The minimum atomic E-state index is -0.490. The van der Waals surface area contributed by atoms with Gasteiger partial charge in [0.2, 0.25) is 0 Å². The lowest BCUT2D eigenvalue weighted by molar-refractivity contribution is 0.0989. The van der Waals surface area contributed by atoms with Gasteiger partial charge in [0.05, 0.1) is 5.69 Å². The van der Waals surface area contributed by atoms with Crippen LogP contribution in [-0.4, -0.2) is 41.0 Å². The second kappa shape index (κ2) is 10.8. The number of carbonyl (C=O) groups is 1. The van der Waals surface area contributed by atoms with Crippen LogP contribution < -0.4 is 5.32 Å². The Bertz CT molecular complexity index is 824. The third-order valence-corrected chi connectivity index (χ3v) is 6.13. The number of carbonyl (C=O) groups excluding carboxylic acids is 1. The topological polar surface area (TPSA) is 35.6 Å². The Labute approximate surface area is 184 Å². The van der Waals surface area contributed by atoms with E-state index in [2.05, 4.69) is 24.1 Å². The minimum absolute atomic E-state index is 0.109. The van der Waals surface area contributed by atoms with Crippen LogP contribution in [0.1, 0.15) is 45.1 Å². The second-order valence-corrected chi connectivity index (χ2v) is 8.51. The first-order chi connectivity index (χ1) is 14.5. The van der Waals surface area contributed by atoms with E-state index >= 15 is 0 Å². The molecule has 1 heterocycles. The highest BCUT2D eigenvalue weighted by atomic mass is 35.5. The Morgan fingerprint density at radius 1 is 1.23 bits per heavy atom. The molecule has 1 N–H and O–H groups in total. The summed E-state index contributed by atoms with van der Waals surface area (Å²) in [5.41, 5.74) is 1.17. The van der Waals surface area contributed by atoms with Crippen LogP contribution in [-0.2, 0) is 6.54 Å². The summed E-state index contributed by atoms with van der Waals surface area (Å²) in [6, 6.07) is 14.5. The van der Waals surface area contributed by atoms with E-state index in [1.165, 1.54) is 31.0 Å². The van der Waals surface area contributed by atoms with E-state index < -0.39 is 5.82 Å². The average Bonchev–Trinajstić information content (AvgIpc) is 2.75. The van der Waals surface area contributed by atoms with Crippen LogP contribution in [0.3, 0.4) is 0 Å². The van der Waals surface area contributed by atoms with Gasteiger partial charge in [0, 0.05) is 36.7 Å². The molecule has 4 nitrogen and oxygen atoms in total. The Kier molecular flexibility index (Phi) is 8.11. The summed E-state index contributed by atoms with van der Waals surface area (Å²) in [4.78, 5) is 17.5. The number of hydrogen-bond acceptors (Lipinski definition) is 2. The van der Waals surface area contributed by atoms with Gasteiger partial charge < -0.3 is 15.1 Å². The molecule has 0 spiro atoms. The third-order valence-electron chi connectivity index (χ3n) is 5.90. The number of urea groups is 1. The highest BCUT2D eigenvalue weighted by Crippen LogP contribution is 2.24. The van der Waals surface area contributed by atoms with Gasteiger partial charge in [-0.2, -0.15) is 0 Å². The molecule has 2 aromatic carbocycles. The number of hydrogen-bond donors (Lipinski definition) is 1. The molecule has 0 aromatic heterocycles. The van der Waals surface area contributed by atoms with Crippen LogP contribution in [0.25, 0.3) is 0 Å². The van der Waals surface area contributed by atoms with Crippen molar-refractivity contribution in [2.45, 2.75) is 58.2 Å². The van der Waals surface area contributed by atoms with E-state index in [1.54, 1.807) is 0 Å². The van der Waals surface area contributed by atoms with Crippen molar-refractivity contribution in [3.8, 4) is 0 Å². The van der Waals surface area contributed by atoms with Crippen LogP contribution in [0.2, 0.25) is 5.02 Å². The van der Waals surface area contributed by atoms with Crippen LogP contribution in [0.5, 0.6) is 0 Å². The van der Waals surface area contributed by atoms with Crippen LogP contribution in [0.15, 0.2) is 48.5 Å². The summed E-state index contributed by atoms with van der Waals surface area (Å²) in [6.45, 7) is 6.92. The van der Waals surface area contributed by atoms with E-state index in [4.69, 9.17) is 11.6 Å². The number of nitrogens with zero attached hydrogens (tertiary/aromatic N) is 2. The Morgan fingerprint density at radius 2 is 1.93 bits per heavy atom. The van der Waals surface area contributed by atoms with Crippen LogP contribution >= 0.6 is 11.6 Å². The minimum Gasteiger partial charge on any atom is -0.317 e. The second-order valence-electron chi connectivity index (χ2n) is 8.07. The molecular formula is C24H31ClFN3O. The molecule has 0 bridgehead atoms. The zero-order chi connectivity index (χ0) is 21.5. The number of piperidine rings is 1. The molecule has 3 rings (SSSR count). The maximum Gasteiger partial charge on any atom is 0.322 e. The lowest BCUT2D eigenvalue weighted by Gasteiger charge is -2.40. The average molecular weight is 432 g/mol. The van der Waals surface area contributed by atoms with Crippen molar-refractivity contribution in [1.82, 2.24) is 9.80 Å². The monoisotopic (exact) mass is 431 g/mol.